The predicted molar refractivity (Wildman–Crippen MR) is 244 cm³/mol. The van der Waals surface area contributed by atoms with E-state index in [1.54, 1.807) is 0 Å². The van der Waals surface area contributed by atoms with Gasteiger partial charge in [-0.1, -0.05) is 117 Å². The number of carbonyl (C=O) groups excluding carboxylic acids is 2. The van der Waals surface area contributed by atoms with Crippen LogP contribution >= 0.6 is 7.82 Å². The fraction of sp³-hybridized carbons (Fsp3) is 0.625. The molecule has 1 unspecified atom stereocenters. The van der Waals surface area contributed by atoms with Crippen molar-refractivity contribution in [3.63, 3.8) is 0 Å². The molecule has 0 aromatic heterocycles. The van der Waals surface area contributed by atoms with Crippen LogP contribution in [0.25, 0.3) is 0 Å². The summed E-state index contributed by atoms with van der Waals surface area (Å²) in [6, 6.07) is 0. The smallest absolute Gasteiger partial charge is 0.462 e. The van der Waals surface area contributed by atoms with Crippen LogP contribution in [0, 0.1) is 0 Å². The zero-order valence-corrected chi connectivity index (χ0v) is 38.2. The summed E-state index contributed by atoms with van der Waals surface area (Å²) in [6.45, 7) is 3.72. The Morgan fingerprint density at radius 3 is 1.56 bits per heavy atom. The molecule has 0 fully saturated rings. The number of rotatable bonds is 38. The summed E-state index contributed by atoms with van der Waals surface area (Å²) in [4.78, 5) is 35.4. The molecule has 0 bridgehead atoms. The number of unbranched alkanes of at least 4 members (excludes halogenated alkanes) is 6. The van der Waals surface area contributed by atoms with E-state index >= 15 is 0 Å². The highest BCUT2D eigenvalue weighted by Gasteiger charge is 2.27. The van der Waals surface area contributed by atoms with Crippen LogP contribution in [-0.4, -0.2) is 86.1 Å². The standard InChI is InChI=1S/C48H80NO9P/c1-6-7-8-9-10-11-12-13-14-15-18-21-24-27-30-33-36-39-47(51)55-43-46(44-57-59(53,54)56-42-41-49(3,4)5)58-48(52)40-37-34-31-28-25-22-19-16-17-20-23-26-29-32-35-38-45(2)50/h7-8,10-11,13-14,17-22,26,28-29,31,45-46,50H,6,9,12,15-16,23-25,27,30,32-44H2,1-5H3/p+1/b8-7-,11-10-,14-13-,20-17-,21-18-,22-19-,29-26-,31-28-/t45-,46+/m0/s1. The number of ether oxygens (including phenoxy) is 2. The summed E-state index contributed by atoms with van der Waals surface area (Å²) >= 11 is 0. The first-order chi connectivity index (χ1) is 28.3. The molecule has 11 heteroatoms. The average Bonchev–Trinajstić information content (AvgIpc) is 3.17. The second-order valence-electron chi connectivity index (χ2n) is 15.6. The first kappa shape index (κ1) is 55.9. The maximum absolute atomic E-state index is 12.7. The number of likely N-dealkylation sites (N-methyl/N-ethyl adjacent to an activating group) is 1. The normalized spacial score (nSPS) is 15.0. The molecule has 0 aromatic carbocycles. The Kier molecular flexibility index (Phi) is 37.0. The van der Waals surface area contributed by atoms with Crippen molar-refractivity contribution in [1.29, 1.82) is 0 Å². The summed E-state index contributed by atoms with van der Waals surface area (Å²) < 4.78 is 34.2. The maximum atomic E-state index is 12.7. The number of hydrogen-bond donors (Lipinski definition) is 2. The molecule has 0 aliphatic carbocycles. The van der Waals surface area contributed by atoms with Gasteiger partial charge >= 0.3 is 19.8 Å². The van der Waals surface area contributed by atoms with E-state index in [1.165, 1.54) is 0 Å². The molecule has 0 saturated carbocycles. The lowest BCUT2D eigenvalue weighted by Crippen LogP contribution is -2.37. The minimum Gasteiger partial charge on any atom is -0.462 e. The second kappa shape index (κ2) is 39.1. The first-order valence-electron chi connectivity index (χ1n) is 22.0. The third kappa shape index (κ3) is 44.3. The van der Waals surface area contributed by atoms with Crippen molar-refractivity contribution >= 4 is 19.8 Å². The van der Waals surface area contributed by atoms with Gasteiger partial charge in [0, 0.05) is 12.8 Å². The molecule has 0 heterocycles. The molecule has 0 radical (unpaired) electrons. The lowest BCUT2D eigenvalue weighted by atomic mass is 10.1. The van der Waals surface area contributed by atoms with Gasteiger partial charge in [0.2, 0.25) is 0 Å². The summed E-state index contributed by atoms with van der Waals surface area (Å²) in [7, 11) is 1.39. The van der Waals surface area contributed by atoms with Crippen LogP contribution in [0.5, 0.6) is 0 Å². The fourth-order valence-corrected chi connectivity index (χ4v) is 5.93. The molecular weight excluding hydrogens is 765 g/mol. The Morgan fingerprint density at radius 1 is 0.593 bits per heavy atom. The molecule has 0 aromatic rings. The molecule has 336 valence electrons. The number of aliphatic hydroxyl groups excluding tert-OH is 1. The molecule has 0 saturated heterocycles. The highest BCUT2D eigenvalue weighted by Crippen LogP contribution is 2.43. The molecule has 2 N–H and O–H groups in total. The second-order valence-corrected chi connectivity index (χ2v) is 17.1. The van der Waals surface area contributed by atoms with Gasteiger partial charge in [0.1, 0.15) is 19.8 Å². The van der Waals surface area contributed by atoms with Crippen molar-refractivity contribution in [3.05, 3.63) is 97.2 Å². The van der Waals surface area contributed by atoms with Crippen LogP contribution in [0.4, 0.5) is 0 Å². The highest BCUT2D eigenvalue weighted by atomic mass is 31.2. The van der Waals surface area contributed by atoms with Gasteiger partial charge in [0.15, 0.2) is 6.10 Å². The SMILES string of the molecule is CC/C=C\C/C=C\C/C=C\C/C=C\CCCCCCC(=O)OC[C@H](COP(=O)(O)OCC[N+](C)(C)C)OC(=O)CCC/C=C\C/C=C\C/C=C\C/C=C\CCC[C@H](C)O. The van der Waals surface area contributed by atoms with Crippen LogP contribution in [0.3, 0.4) is 0 Å². The number of esters is 2. The summed E-state index contributed by atoms with van der Waals surface area (Å²) in [5, 5.41) is 9.28. The van der Waals surface area contributed by atoms with Crippen molar-refractivity contribution in [1.82, 2.24) is 0 Å². The van der Waals surface area contributed by atoms with Crippen molar-refractivity contribution in [2.24, 2.45) is 0 Å². The third-order valence-electron chi connectivity index (χ3n) is 8.62. The predicted octanol–water partition coefficient (Wildman–Crippen LogP) is 11.5. The number of nitrogens with zero attached hydrogens (tertiary/aromatic N) is 1. The zero-order valence-electron chi connectivity index (χ0n) is 37.3. The Balaban J connectivity index is 4.53. The van der Waals surface area contributed by atoms with Gasteiger partial charge in [-0.25, -0.2) is 4.57 Å². The van der Waals surface area contributed by atoms with E-state index in [0.717, 1.165) is 89.9 Å². The molecule has 0 rings (SSSR count). The van der Waals surface area contributed by atoms with E-state index < -0.39 is 32.5 Å². The lowest BCUT2D eigenvalue weighted by Gasteiger charge is -2.24. The molecule has 10 nitrogen and oxygen atoms in total. The Hall–Kier alpha value is -3.11. The van der Waals surface area contributed by atoms with Gasteiger partial charge in [0.25, 0.3) is 0 Å². The van der Waals surface area contributed by atoms with Crippen molar-refractivity contribution in [2.75, 3.05) is 47.5 Å². The Morgan fingerprint density at radius 2 is 1.05 bits per heavy atom. The molecule has 0 spiro atoms. The van der Waals surface area contributed by atoms with Gasteiger partial charge in [-0.3, -0.25) is 18.6 Å². The largest absolute Gasteiger partial charge is 0.472 e. The number of quaternary nitrogens is 1. The van der Waals surface area contributed by atoms with E-state index in [0.29, 0.717) is 30.3 Å². The van der Waals surface area contributed by atoms with Gasteiger partial charge in [-0.05, 0) is 103 Å². The van der Waals surface area contributed by atoms with Gasteiger partial charge in [0.05, 0.1) is 33.9 Å². The van der Waals surface area contributed by atoms with E-state index in [4.69, 9.17) is 18.5 Å². The van der Waals surface area contributed by atoms with Crippen LogP contribution in [0.15, 0.2) is 97.2 Å². The minimum atomic E-state index is -4.41. The Bertz CT molecular complexity index is 1340. The topological polar surface area (TPSA) is 129 Å². The summed E-state index contributed by atoms with van der Waals surface area (Å²) in [5.41, 5.74) is 0. The molecule has 0 aliphatic rings. The van der Waals surface area contributed by atoms with Gasteiger partial charge in [-0.2, -0.15) is 0 Å². The Labute approximate surface area is 358 Å². The van der Waals surface area contributed by atoms with Crippen LogP contribution in [-0.2, 0) is 32.7 Å². The van der Waals surface area contributed by atoms with Crippen LogP contribution < -0.4 is 0 Å². The molecular formula is C48H81NO9P+. The van der Waals surface area contributed by atoms with E-state index in [2.05, 4.69) is 98.1 Å². The van der Waals surface area contributed by atoms with Gasteiger partial charge < -0.3 is 24.0 Å². The molecule has 59 heavy (non-hydrogen) atoms. The number of aliphatic hydroxyl groups is 1. The van der Waals surface area contributed by atoms with Crippen LogP contribution in [0.2, 0.25) is 0 Å². The van der Waals surface area contributed by atoms with Crippen LogP contribution in [0.1, 0.15) is 136 Å². The third-order valence-corrected chi connectivity index (χ3v) is 9.60. The average molecular weight is 847 g/mol. The van der Waals surface area contributed by atoms with Crippen molar-refractivity contribution < 1.29 is 47.2 Å². The number of hydrogen-bond acceptors (Lipinski definition) is 8. The molecule has 3 atom stereocenters. The number of allylic oxidation sites excluding steroid dienone is 16. The van der Waals surface area contributed by atoms with E-state index in [1.807, 2.05) is 34.1 Å². The zero-order chi connectivity index (χ0) is 43.7. The fourth-order valence-electron chi connectivity index (χ4n) is 5.19. The number of carbonyl (C=O) groups is 2. The lowest BCUT2D eigenvalue weighted by molar-refractivity contribution is -0.870. The number of phosphoric ester groups is 1. The van der Waals surface area contributed by atoms with Crippen molar-refractivity contribution in [2.45, 2.75) is 148 Å². The molecule has 0 amide bonds. The van der Waals surface area contributed by atoms with E-state index in [9.17, 15) is 24.2 Å². The summed E-state index contributed by atoms with van der Waals surface area (Å²) in [6.07, 6.45) is 48.8. The monoisotopic (exact) mass is 847 g/mol. The van der Waals surface area contributed by atoms with Crippen molar-refractivity contribution in [3.8, 4) is 0 Å². The summed E-state index contributed by atoms with van der Waals surface area (Å²) in [5.74, 6) is -0.920. The first-order valence-corrected chi connectivity index (χ1v) is 23.5. The number of phosphoric acid groups is 1. The molecule has 0 aliphatic heterocycles. The van der Waals surface area contributed by atoms with Gasteiger partial charge in [-0.15, -0.1) is 0 Å². The minimum absolute atomic E-state index is 0.00562. The van der Waals surface area contributed by atoms with E-state index in [-0.39, 0.29) is 32.2 Å². The quantitative estimate of drug-likeness (QED) is 0.0205. The highest BCUT2D eigenvalue weighted by molar-refractivity contribution is 7.47. The maximum Gasteiger partial charge on any atom is 0.472 e.